The zero-order chi connectivity index (χ0) is 20.6. The first-order valence-electron chi connectivity index (χ1n) is 10.9. The van der Waals surface area contributed by atoms with Crippen LogP contribution in [0.1, 0.15) is 38.5 Å². The lowest BCUT2D eigenvalue weighted by Crippen LogP contribution is -2.32. The molecule has 1 heterocycles. The monoisotopic (exact) mass is 419 g/mol. The molecule has 1 saturated carbocycles. The molecule has 2 aromatic carbocycles. The molecule has 156 valence electrons. The molecule has 2 N–H and O–H groups in total. The van der Waals surface area contributed by atoms with Crippen LogP contribution in [-0.2, 0) is 4.79 Å². The number of aromatic amines is 1. The first-order valence-corrected chi connectivity index (χ1v) is 11.9. The molecule has 0 saturated heterocycles. The molecule has 3 aromatic rings. The van der Waals surface area contributed by atoms with Gasteiger partial charge < -0.3 is 10.3 Å². The molecular weight excluding hydrogens is 390 g/mol. The first kappa shape index (κ1) is 20.7. The molecule has 4 nitrogen and oxygen atoms in total. The van der Waals surface area contributed by atoms with Crippen molar-refractivity contribution >= 4 is 17.7 Å². The standard InChI is InChI=1S/C25H29N3OS/c29-24(21-15-8-3-9-16-21)26-17-10-18-30-25-27-22(19-11-4-1-5-12-19)23(28-25)20-13-6-2-7-14-20/h1-2,4-7,11-14,21H,3,8-10,15-18H2,(H,26,29)(H,27,28). The Morgan fingerprint density at radius 1 is 0.967 bits per heavy atom. The smallest absolute Gasteiger partial charge is 0.223 e. The number of benzene rings is 2. The number of nitrogens with zero attached hydrogens (tertiary/aromatic N) is 1. The van der Waals surface area contributed by atoms with Gasteiger partial charge in [-0.25, -0.2) is 4.98 Å². The van der Waals surface area contributed by atoms with E-state index in [1.165, 1.54) is 19.3 Å². The van der Waals surface area contributed by atoms with Crippen molar-refractivity contribution in [3.8, 4) is 22.5 Å². The van der Waals surface area contributed by atoms with Crippen molar-refractivity contribution in [2.45, 2.75) is 43.7 Å². The van der Waals surface area contributed by atoms with Gasteiger partial charge in [0.25, 0.3) is 0 Å². The summed E-state index contributed by atoms with van der Waals surface area (Å²) in [7, 11) is 0. The second kappa shape index (κ2) is 10.5. The molecule has 30 heavy (non-hydrogen) atoms. The summed E-state index contributed by atoms with van der Waals surface area (Å²) in [4.78, 5) is 20.7. The number of carbonyl (C=O) groups is 1. The van der Waals surface area contributed by atoms with E-state index < -0.39 is 0 Å². The molecule has 0 aliphatic heterocycles. The van der Waals surface area contributed by atoms with Gasteiger partial charge in [-0.2, -0.15) is 0 Å². The number of nitrogens with one attached hydrogen (secondary N) is 2. The van der Waals surface area contributed by atoms with Gasteiger partial charge in [0.1, 0.15) is 0 Å². The minimum atomic E-state index is 0.235. The van der Waals surface area contributed by atoms with Gasteiger partial charge in [-0.1, -0.05) is 91.7 Å². The van der Waals surface area contributed by atoms with Gasteiger partial charge in [0.2, 0.25) is 5.91 Å². The van der Waals surface area contributed by atoms with Crippen molar-refractivity contribution in [1.82, 2.24) is 15.3 Å². The van der Waals surface area contributed by atoms with Gasteiger partial charge in [0.15, 0.2) is 5.16 Å². The van der Waals surface area contributed by atoms with Gasteiger partial charge in [-0.05, 0) is 19.3 Å². The Balaban J connectivity index is 1.35. The highest BCUT2D eigenvalue weighted by molar-refractivity contribution is 7.99. The predicted octanol–water partition coefficient (Wildman–Crippen LogP) is 5.92. The fourth-order valence-electron chi connectivity index (χ4n) is 4.00. The van der Waals surface area contributed by atoms with E-state index in [-0.39, 0.29) is 11.8 Å². The molecule has 0 spiro atoms. The largest absolute Gasteiger partial charge is 0.356 e. The quantitative estimate of drug-likeness (QED) is 0.352. The van der Waals surface area contributed by atoms with Crippen LogP contribution in [0, 0.1) is 5.92 Å². The van der Waals surface area contributed by atoms with E-state index in [1.54, 1.807) is 11.8 Å². The van der Waals surface area contributed by atoms with Gasteiger partial charge in [-0.15, -0.1) is 0 Å². The third-order valence-electron chi connectivity index (χ3n) is 5.63. The van der Waals surface area contributed by atoms with Crippen molar-refractivity contribution < 1.29 is 4.79 Å². The summed E-state index contributed by atoms with van der Waals surface area (Å²) in [6.45, 7) is 0.736. The Kier molecular flexibility index (Phi) is 7.25. The van der Waals surface area contributed by atoms with Gasteiger partial charge in [-0.3, -0.25) is 4.79 Å². The van der Waals surface area contributed by atoms with Crippen LogP contribution in [0.25, 0.3) is 22.5 Å². The van der Waals surface area contributed by atoms with Crippen LogP contribution in [0.2, 0.25) is 0 Å². The third kappa shape index (κ3) is 5.33. The average molecular weight is 420 g/mol. The Bertz CT molecular complexity index is 877. The van der Waals surface area contributed by atoms with Crippen LogP contribution < -0.4 is 5.32 Å². The van der Waals surface area contributed by atoms with Gasteiger partial charge in [0, 0.05) is 29.3 Å². The van der Waals surface area contributed by atoms with E-state index >= 15 is 0 Å². The molecular formula is C25H29N3OS. The van der Waals surface area contributed by atoms with E-state index in [2.05, 4.69) is 34.6 Å². The lowest BCUT2D eigenvalue weighted by atomic mass is 9.89. The molecule has 1 fully saturated rings. The van der Waals surface area contributed by atoms with Gasteiger partial charge in [0.05, 0.1) is 11.4 Å². The first-order chi connectivity index (χ1) is 14.8. The van der Waals surface area contributed by atoms with E-state index in [0.717, 1.165) is 59.2 Å². The van der Waals surface area contributed by atoms with Crippen LogP contribution in [-0.4, -0.2) is 28.2 Å². The lowest BCUT2D eigenvalue weighted by Gasteiger charge is -2.20. The number of hydrogen-bond donors (Lipinski definition) is 2. The fourth-order valence-corrected chi connectivity index (χ4v) is 4.81. The number of rotatable bonds is 8. The molecule has 1 amide bonds. The topological polar surface area (TPSA) is 57.8 Å². The number of hydrogen-bond acceptors (Lipinski definition) is 3. The van der Waals surface area contributed by atoms with Crippen molar-refractivity contribution in [3.05, 3.63) is 60.7 Å². The normalized spacial score (nSPS) is 14.5. The van der Waals surface area contributed by atoms with E-state index in [0.29, 0.717) is 0 Å². The highest BCUT2D eigenvalue weighted by Gasteiger charge is 2.20. The molecule has 4 rings (SSSR count). The van der Waals surface area contributed by atoms with Crippen LogP contribution in [0.15, 0.2) is 65.8 Å². The lowest BCUT2D eigenvalue weighted by molar-refractivity contribution is -0.125. The number of imidazole rings is 1. The second-order valence-corrected chi connectivity index (χ2v) is 8.91. The van der Waals surface area contributed by atoms with Crippen LogP contribution in [0.5, 0.6) is 0 Å². The third-order valence-corrected chi connectivity index (χ3v) is 6.59. The summed E-state index contributed by atoms with van der Waals surface area (Å²) >= 11 is 1.71. The number of thioether (sulfide) groups is 1. The number of amides is 1. The zero-order valence-corrected chi connectivity index (χ0v) is 18.1. The number of carbonyl (C=O) groups excluding carboxylic acids is 1. The molecule has 0 bridgehead atoms. The Labute approximate surface area is 182 Å². The highest BCUT2D eigenvalue weighted by Crippen LogP contribution is 2.32. The van der Waals surface area contributed by atoms with Crippen molar-refractivity contribution in [3.63, 3.8) is 0 Å². The van der Waals surface area contributed by atoms with E-state index in [1.807, 2.05) is 36.4 Å². The van der Waals surface area contributed by atoms with E-state index in [9.17, 15) is 4.79 Å². The van der Waals surface area contributed by atoms with Gasteiger partial charge >= 0.3 is 0 Å². The molecule has 1 aliphatic rings. The number of H-pyrrole nitrogens is 1. The summed E-state index contributed by atoms with van der Waals surface area (Å²) in [6, 6.07) is 20.6. The van der Waals surface area contributed by atoms with Crippen LogP contribution >= 0.6 is 11.8 Å². The Morgan fingerprint density at radius 2 is 1.63 bits per heavy atom. The van der Waals surface area contributed by atoms with Crippen molar-refractivity contribution in [2.24, 2.45) is 5.92 Å². The summed E-state index contributed by atoms with van der Waals surface area (Å²) in [6.07, 6.45) is 6.71. The molecule has 5 heteroatoms. The Hall–Kier alpha value is -2.53. The highest BCUT2D eigenvalue weighted by atomic mass is 32.2. The molecule has 0 radical (unpaired) electrons. The predicted molar refractivity (Wildman–Crippen MR) is 124 cm³/mol. The Morgan fingerprint density at radius 3 is 2.33 bits per heavy atom. The SMILES string of the molecule is O=C(NCCCSc1nc(-c2ccccc2)c(-c2ccccc2)[nH]1)C1CCCCC1. The number of aromatic nitrogens is 2. The molecule has 1 aliphatic carbocycles. The van der Waals surface area contributed by atoms with Crippen molar-refractivity contribution in [2.75, 3.05) is 12.3 Å². The van der Waals surface area contributed by atoms with Crippen molar-refractivity contribution in [1.29, 1.82) is 0 Å². The minimum Gasteiger partial charge on any atom is -0.356 e. The zero-order valence-electron chi connectivity index (χ0n) is 17.3. The second-order valence-electron chi connectivity index (χ2n) is 7.83. The minimum absolute atomic E-state index is 0.235. The fraction of sp³-hybridized carbons (Fsp3) is 0.360. The van der Waals surface area contributed by atoms with E-state index in [4.69, 9.17) is 4.98 Å². The summed E-state index contributed by atoms with van der Waals surface area (Å²) in [5.41, 5.74) is 4.28. The maximum Gasteiger partial charge on any atom is 0.223 e. The van der Waals surface area contributed by atoms with Crippen LogP contribution in [0.3, 0.4) is 0 Å². The maximum atomic E-state index is 12.3. The average Bonchev–Trinajstić information content (AvgIpc) is 3.25. The molecule has 0 atom stereocenters. The van der Waals surface area contributed by atoms with Crippen LogP contribution in [0.4, 0.5) is 0 Å². The summed E-state index contributed by atoms with van der Waals surface area (Å²) in [5, 5.41) is 4.05. The molecule has 0 unspecified atom stereocenters. The maximum absolute atomic E-state index is 12.3. The molecule has 1 aromatic heterocycles. The summed E-state index contributed by atoms with van der Waals surface area (Å²) in [5.74, 6) is 1.40. The summed E-state index contributed by atoms with van der Waals surface area (Å²) < 4.78 is 0.